The molecule has 0 aromatic carbocycles. The van der Waals surface area contributed by atoms with Crippen molar-refractivity contribution >= 4 is 0 Å². The van der Waals surface area contributed by atoms with Crippen LogP contribution in [0.5, 0.6) is 0 Å². The van der Waals surface area contributed by atoms with Gasteiger partial charge in [-0.15, -0.1) is 0 Å². The van der Waals surface area contributed by atoms with Crippen molar-refractivity contribution in [1.29, 1.82) is 0 Å². The molecule has 108 valence electrons. The van der Waals surface area contributed by atoms with Crippen LogP contribution in [-0.2, 0) is 22.6 Å². The van der Waals surface area contributed by atoms with Gasteiger partial charge in [-0.2, -0.15) is 0 Å². The molecule has 1 aromatic rings. The monoisotopic (exact) mass is 267 g/mol. The second-order valence-electron chi connectivity index (χ2n) is 6.12. The van der Waals surface area contributed by atoms with E-state index in [9.17, 15) is 0 Å². The van der Waals surface area contributed by atoms with Gasteiger partial charge in [0.1, 0.15) is 5.76 Å². The fourth-order valence-corrected chi connectivity index (χ4v) is 2.07. The first-order chi connectivity index (χ1) is 9.04. The van der Waals surface area contributed by atoms with Gasteiger partial charge in [-0.1, -0.05) is 0 Å². The average molecular weight is 267 g/mol. The first kappa shape index (κ1) is 14.6. The van der Waals surface area contributed by atoms with Gasteiger partial charge in [-0.3, -0.25) is 0 Å². The number of hydrogen-bond acceptors (Lipinski definition) is 4. The number of nitrogens with one attached hydrogen (secondary N) is 1. The lowest BCUT2D eigenvalue weighted by Gasteiger charge is -2.20. The summed E-state index contributed by atoms with van der Waals surface area (Å²) in [6.07, 6.45) is 4.28. The fourth-order valence-electron chi connectivity index (χ4n) is 2.07. The first-order valence-electron chi connectivity index (χ1n) is 7.04. The van der Waals surface area contributed by atoms with Gasteiger partial charge >= 0.3 is 0 Å². The predicted molar refractivity (Wildman–Crippen MR) is 73.9 cm³/mol. The Bertz CT molecular complexity index is 375. The Morgan fingerprint density at radius 2 is 2.26 bits per heavy atom. The number of hydrogen-bond donors (Lipinski definition) is 1. The second-order valence-corrected chi connectivity index (χ2v) is 6.12. The summed E-state index contributed by atoms with van der Waals surface area (Å²) in [4.78, 5) is 0. The summed E-state index contributed by atoms with van der Waals surface area (Å²) in [5, 5.41) is 3.42. The van der Waals surface area contributed by atoms with E-state index in [0.29, 0.717) is 13.2 Å². The lowest BCUT2D eigenvalue weighted by Crippen LogP contribution is -2.35. The first-order valence-corrected chi connectivity index (χ1v) is 7.04. The summed E-state index contributed by atoms with van der Waals surface area (Å²) < 4.78 is 16.8. The average Bonchev–Trinajstić information content (AvgIpc) is 2.96. The van der Waals surface area contributed by atoms with E-state index < -0.39 is 0 Å². The Morgan fingerprint density at radius 1 is 1.42 bits per heavy atom. The van der Waals surface area contributed by atoms with E-state index in [4.69, 9.17) is 13.9 Å². The van der Waals surface area contributed by atoms with Crippen molar-refractivity contribution in [2.45, 2.75) is 58.4 Å². The Labute approximate surface area is 115 Å². The molecule has 1 aromatic heterocycles. The van der Waals surface area contributed by atoms with E-state index in [1.54, 1.807) is 6.26 Å². The fraction of sp³-hybridized carbons (Fsp3) is 0.733. The SMILES string of the molecule is CC(C)(C)NCc1occc1COCC1CCCO1. The molecule has 2 rings (SSSR count). The molecule has 0 radical (unpaired) electrons. The van der Waals surface area contributed by atoms with Gasteiger partial charge in [0.05, 0.1) is 32.1 Å². The summed E-state index contributed by atoms with van der Waals surface area (Å²) in [7, 11) is 0. The molecule has 0 spiro atoms. The van der Waals surface area contributed by atoms with Gasteiger partial charge in [0.15, 0.2) is 0 Å². The molecule has 4 heteroatoms. The topological polar surface area (TPSA) is 43.6 Å². The minimum Gasteiger partial charge on any atom is -0.468 e. The van der Waals surface area contributed by atoms with Gasteiger partial charge in [-0.05, 0) is 39.7 Å². The third-order valence-corrected chi connectivity index (χ3v) is 3.20. The molecule has 1 aliphatic heterocycles. The van der Waals surface area contributed by atoms with Gasteiger partial charge < -0.3 is 19.2 Å². The molecule has 1 fully saturated rings. The Morgan fingerprint density at radius 3 is 2.95 bits per heavy atom. The summed E-state index contributed by atoms with van der Waals surface area (Å²) in [5.74, 6) is 0.960. The zero-order chi connectivity index (χ0) is 13.7. The molecular weight excluding hydrogens is 242 g/mol. The van der Waals surface area contributed by atoms with Crippen molar-refractivity contribution < 1.29 is 13.9 Å². The maximum absolute atomic E-state index is 5.72. The molecule has 1 atom stereocenters. The van der Waals surface area contributed by atoms with Crippen molar-refractivity contribution in [3.63, 3.8) is 0 Å². The van der Waals surface area contributed by atoms with Crippen molar-refractivity contribution in [3.05, 3.63) is 23.7 Å². The van der Waals surface area contributed by atoms with Crippen LogP contribution in [0.2, 0.25) is 0 Å². The van der Waals surface area contributed by atoms with E-state index in [1.807, 2.05) is 6.07 Å². The highest BCUT2D eigenvalue weighted by Crippen LogP contribution is 2.16. The van der Waals surface area contributed by atoms with Gasteiger partial charge in [0.25, 0.3) is 0 Å². The van der Waals surface area contributed by atoms with E-state index in [0.717, 1.165) is 37.3 Å². The van der Waals surface area contributed by atoms with Crippen LogP contribution in [0.3, 0.4) is 0 Å². The third-order valence-electron chi connectivity index (χ3n) is 3.20. The van der Waals surface area contributed by atoms with Crippen LogP contribution in [0.1, 0.15) is 44.9 Å². The lowest BCUT2D eigenvalue weighted by atomic mass is 10.1. The Balaban J connectivity index is 1.75. The van der Waals surface area contributed by atoms with E-state index >= 15 is 0 Å². The van der Waals surface area contributed by atoms with Crippen LogP contribution in [0.4, 0.5) is 0 Å². The molecule has 1 N–H and O–H groups in total. The Hall–Kier alpha value is -0.840. The maximum atomic E-state index is 5.72. The molecule has 0 aliphatic carbocycles. The summed E-state index contributed by atoms with van der Waals surface area (Å²) in [5.41, 5.74) is 1.21. The molecule has 1 saturated heterocycles. The molecule has 4 nitrogen and oxygen atoms in total. The molecule has 0 amide bonds. The standard InChI is InChI=1S/C15H25NO3/c1-15(2,3)16-9-14-12(6-8-19-14)10-17-11-13-5-4-7-18-13/h6,8,13,16H,4-5,7,9-11H2,1-3H3. The van der Waals surface area contributed by atoms with E-state index in [1.165, 1.54) is 0 Å². The zero-order valence-corrected chi connectivity index (χ0v) is 12.2. The number of ether oxygens (including phenoxy) is 2. The second kappa shape index (κ2) is 6.55. The highest BCUT2D eigenvalue weighted by molar-refractivity contribution is 5.16. The smallest absolute Gasteiger partial charge is 0.123 e. The molecular formula is C15H25NO3. The van der Waals surface area contributed by atoms with Gasteiger partial charge in [0.2, 0.25) is 0 Å². The third kappa shape index (κ3) is 4.97. The molecule has 19 heavy (non-hydrogen) atoms. The molecule has 0 bridgehead atoms. The highest BCUT2D eigenvalue weighted by Gasteiger charge is 2.16. The quantitative estimate of drug-likeness (QED) is 0.860. The molecule has 1 unspecified atom stereocenters. The van der Waals surface area contributed by atoms with Crippen LogP contribution in [-0.4, -0.2) is 24.9 Å². The van der Waals surface area contributed by atoms with Crippen molar-refractivity contribution in [2.24, 2.45) is 0 Å². The van der Waals surface area contributed by atoms with Crippen LogP contribution < -0.4 is 5.32 Å². The van der Waals surface area contributed by atoms with E-state index in [2.05, 4.69) is 26.1 Å². The largest absolute Gasteiger partial charge is 0.468 e. The van der Waals surface area contributed by atoms with Gasteiger partial charge in [0, 0.05) is 17.7 Å². The van der Waals surface area contributed by atoms with Crippen LogP contribution in [0.15, 0.2) is 16.7 Å². The van der Waals surface area contributed by atoms with Gasteiger partial charge in [-0.25, -0.2) is 0 Å². The highest BCUT2D eigenvalue weighted by atomic mass is 16.5. The van der Waals surface area contributed by atoms with Crippen molar-refractivity contribution in [2.75, 3.05) is 13.2 Å². The normalized spacial score (nSPS) is 20.1. The zero-order valence-electron chi connectivity index (χ0n) is 12.2. The minimum atomic E-state index is 0.0859. The number of rotatable bonds is 6. The van der Waals surface area contributed by atoms with Crippen LogP contribution >= 0.6 is 0 Å². The summed E-state index contributed by atoms with van der Waals surface area (Å²) in [6.45, 7) is 9.31. The summed E-state index contributed by atoms with van der Waals surface area (Å²) in [6, 6.07) is 1.98. The van der Waals surface area contributed by atoms with Crippen LogP contribution in [0.25, 0.3) is 0 Å². The molecule has 0 saturated carbocycles. The van der Waals surface area contributed by atoms with E-state index in [-0.39, 0.29) is 11.6 Å². The molecule has 1 aliphatic rings. The predicted octanol–water partition coefficient (Wildman–Crippen LogP) is 2.86. The van der Waals surface area contributed by atoms with Crippen LogP contribution in [0, 0.1) is 0 Å². The lowest BCUT2D eigenvalue weighted by molar-refractivity contribution is 0.0102. The van der Waals surface area contributed by atoms with Crippen molar-refractivity contribution in [1.82, 2.24) is 5.32 Å². The van der Waals surface area contributed by atoms with Crippen molar-refractivity contribution in [3.8, 4) is 0 Å². The minimum absolute atomic E-state index is 0.0859. The number of furan rings is 1. The summed E-state index contributed by atoms with van der Waals surface area (Å²) >= 11 is 0. The molecule has 2 heterocycles. The maximum Gasteiger partial charge on any atom is 0.123 e. The Kier molecular flexibility index (Phi) is 5.02.